The van der Waals surface area contributed by atoms with E-state index in [1.807, 2.05) is 13.8 Å². The number of aryl methyl sites for hydroxylation is 1. The first-order valence-electron chi connectivity index (χ1n) is 7.06. The summed E-state index contributed by atoms with van der Waals surface area (Å²) < 4.78 is 1.59. The summed E-state index contributed by atoms with van der Waals surface area (Å²) in [4.78, 5) is 22.5. The van der Waals surface area contributed by atoms with Gasteiger partial charge in [0.15, 0.2) is 0 Å². The van der Waals surface area contributed by atoms with Crippen molar-refractivity contribution in [2.75, 3.05) is 13.1 Å². The molecule has 7 heteroatoms. The van der Waals surface area contributed by atoms with Crippen LogP contribution in [0.3, 0.4) is 0 Å². The summed E-state index contributed by atoms with van der Waals surface area (Å²) in [6.07, 6.45) is 3.60. The van der Waals surface area contributed by atoms with Crippen molar-refractivity contribution < 1.29 is 9.90 Å². The van der Waals surface area contributed by atoms with E-state index in [2.05, 4.69) is 15.1 Å². The van der Waals surface area contributed by atoms with Crippen LogP contribution in [0.4, 0.5) is 0 Å². The lowest BCUT2D eigenvalue weighted by Gasteiger charge is -2.28. The van der Waals surface area contributed by atoms with Gasteiger partial charge in [-0.15, -0.1) is 0 Å². The zero-order valence-corrected chi connectivity index (χ0v) is 12.9. The molecular formula is C14H21N5O2. The summed E-state index contributed by atoms with van der Waals surface area (Å²) in [6.45, 7) is 7.99. The Morgan fingerprint density at radius 1 is 1.38 bits per heavy atom. The molecule has 2 aromatic heterocycles. The van der Waals surface area contributed by atoms with Crippen molar-refractivity contribution >= 4 is 11.7 Å². The molecule has 0 unspecified atom stereocenters. The minimum atomic E-state index is -0.942. The summed E-state index contributed by atoms with van der Waals surface area (Å²) in [7, 11) is 0. The van der Waals surface area contributed by atoms with Crippen LogP contribution in [0.15, 0.2) is 12.5 Å². The van der Waals surface area contributed by atoms with Gasteiger partial charge < -0.3 is 10.0 Å². The lowest BCUT2D eigenvalue weighted by Crippen LogP contribution is -2.42. The minimum Gasteiger partial charge on any atom is -0.389 e. The summed E-state index contributed by atoms with van der Waals surface area (Å²) in [5, 5.41) is 14.1. The molecule has 0 spiro atoms. The van der Waals surface area contributed by atoms with Crippen molar-refractivity contribution in [1.29, 1.82) is 0 Å². The van der Waals surface area contributed by atoms with Gasteiger partial charge in [0.05, 0.1) is 16.9 Å². The average molecular weight is 291 g/mol. The maximum Gasteiger partial charge on any atom is 0.257 e. The maximum atomic E-state index is 12.7. The molecule has 0 aliphatic heterocycles. The van der Waals surface area contributed by atoms with Gasteiger partial charge in [-0.05, 0) is 27.2 Å². The molecule has 0 saturated heterocycles. The van der Waals surface area contributed by atoms with Crippen molar-refractivity contribution in [2.45, 2.75) is 39.7 Å². The quantitative estimate of drug-likeness (QED) is 0.885. The summed E-state index contributed by atoms with van der Waals surface area (Å²) >= 11 is 0. The van der Waals surface area contributed by atoms with E-state index < -0.39 is 5.60 Å². The van der Waals surface area contributed by atoms with E-state index in [-0.39, 0.29) is 12.5 Å². The van der Waals surface area contributed by atoms with E-state index in [0.29, 0.717) is 24.3 Å². The Balaban J connectivity index is 2.42. The maximum absolute atomic E-state index is 12.7. The number of hydrogen-bond acceptors (Lipinski definition) is 5. The molecule has 1 N–H and O–H groups in total. The minimum absolute atomic E-state index is 0.152. The third kappa shape index (κ3) is 3.18. The Morgan fingerprint density at radius 2 is 2.10 bits per heavy atom. The van der Waals surface area contributed by atoms with Gasteiger partial charge >= 0.3 is 0 Å². The fourth-order valence-corrected chi connectivity index (χ4v) is 2.31. The molecular weight excluding hydrogens is 270 g/mol. The van der Waals surface area contributed by atoms with E-state index >= 15 is 0 Å². The molecule has 2 heterocycles. The second kappa shape index (κ2) is 5.77. The Hall–Kier alpha value is -2.02. The molecule has 2 aromatic rings. The van der Waals surface area contributed by atoms with E-state index in [9.17, 15) is 9.90 Å². The number of aromatic nitrogens is 4. The van der Waals surface area contributed by atoms with Crippen molar-refractivity contribution in [2.24, 2.45) is 0 Å². The van der Waals surface area contributed by atoms with Gasteiger partial charge in [-0.2, -0.15) is 10.1 Å². The van der Waals surface area contributed by atoms with Crippen molar-refractivity contribution in [3.8, 4) is 0 Å². The van der Waals surface area contributed by atoms with E-state index in [1.54, 1.807) is 23.3 Å². The summed E-state index contributed by atoms with van der Waals surface area (Å²) in [5.41, 5.74) is 0.335. The van der Waals surface area contributed by atoms with Crippen LogP contribution in [0, 0.1) is 0 Å². The number of carbonyl (C=O) groups is 1. The van der Waals surface area contributed by atoms with Gasteiger partial charge in [-0.1, -0.05) is 6.92 Å². The van der Waals surface area contributed by atoms with Gasteiger partial charge in [-0.3, -0.25) is 4.79 Å². The smallest absolute Gasteiger partial charge is 0.257 e. The monoisotopic (exact) mass is 291 g/mol. The van der Waals surface area contributed by atoms with Crippen molar-refractivity contribution in [3.05, 3.63) is 23.8 Å². The zero-order chi connectivity index (χ0) is 15.6. The fourth-order valence-electron chi connectivity index (χ4n) is 2.31. The van der Waals surface area contributed by atoms with Crippen LogP contribution in [-0.4, -0.2) is 54.2 Å². The number of carbonyl (C=O) groups excluding carboxylic acids is 1. The largest absolute Gasteiger partial charge is 0.389 e. The molecule has 0 aromatic carbocycles. The number of aliphatic hydroxyl groups is 1. The fraction of sp³-hybridized carbons (Fsp3) is 0.571. The number of nitrogens with zero attached hydrogens (tertiary/aromatic N) is 5. The number of fused-ring (bicyclic) bond motifs is 1. The summed E-state index contributed by atoms with van der Waals surface area (Å²) in [6, 6.07) is 0. The molecule has 0 aliphatic rings. The van der Waals surface area contributed by atoms with Crippen LogP contribution < -0.4 is 0 Å². The van der Waals surface area contributed by atoms with Gasteiger partial charge in [0, 0.05) is 19.3 Å². The van der Waals surface area contributed by atoms with Gasteiger partial charge in [0.25, 0.3) is 11.7 Å². The molecule has 0 radical (unpaired) electrons. The highest BCUT2D eigenvalue weighted by Crippen LogP contribution is 2.15. The first-order valence-corrected chi connectivity index (χ1v) is 7.06. The van der Waals surface area contributed by atoms with E-state index in [0.717, 1.165) is 5.69 Å². The molecule has 1 amide bonds. The number of rotatable bonds is 5. The third-order valence-electron chi connectivity index (χ3n) is 3.22. The van der Waals surface area contributed by atoms with Crippen molar-refractivity contribution in [1.82, 2.24) is 24.5 Å². The standard InChI is InChI=1S/C14H21N5O2/c1-5-11-10(7-15-13-16-9-17-19(11)13)12(20)18(6-2)8-14(3,4)21/h7,9,21H,5-6,8H2,1-4H3. The predicted molar refractivity (Wildman–Crippen MR) is 78.0 cm³/mol. The lowest BCUT2D eigenvalue weighted by atomic mass is 10.1. The SMILES string of the molecule is CCc1c(C(=O)N(CC)CC(C)(C)O)cnc2ncnn12. The van der Waals surface area contributed by atoms with Crippen LogP contribution in [0.25, 0.3) is 5.78 Å². The third-order valence-corrected chi connectivity index (χ3v) is 3.22. The molecule has 0 saturated carbocycles. The Bertz CT molecular complexity index is 644. The Labute approximate surface area is 123 Å². The van der Waals surface area contributed by atoms with E-state index in [4.69, 9.17) is 0 Å². The van der Waals surface area contributed by atoms with Gasteiger partial charge in [-0.25, -0.2) is 9.50 Å². The Kier molecular flexibility index (Phi) is 4.22. The predicted octanol–water partition coefficient (Wildman–Crippen LogP) is 0.920. The highest BCUT2D eigenvalue weighted by atomic mass is 16.3. The molecule has 0 fully saturated rings. The molecule has 21 heavy (non-hydrogen) atoms. The second-order valence-electron chi connectivity index (χ2n) is 5.58. The number of amides is 1. The van der Waals surface area contributed by atoms with Crippen LogP contribution in [-0.2, 0) is 6.42 Å². The van der Waals surface area contributed by atoms with Gasteiger partial charge in [0.1, 0.15) is 6.33 Å². The Morgan fingerprint density at radius 3 is 2.67 bits per heavy atom. The lowest BCUT2D eigenvalue weighted by molar-refractivity contribution is 0.0313. The van der Waals surface area contributed by atoms with Crippen molar-refractivity contribution in [3.63, 3.8) is 0 Å². The average Bonchev–Trinajstić information content (AvgIpc) is 2.90. The summed E-state index contributed by atoms with van der Waals surface area (Å²) in [5.74, 6) is 0.329. The molecule has 0 atom stereocenters. The van der Waals surface area contributed by atoms with Crippen LogP contribution in [0.2, 0.25) is 0 Å². The normalized spacial score (nSPS) is 11.9. The van der Waals surface area contributed by atoms with Gasteiger partial charge in [0.2, 0.25) is 0 Å². The zero-order valence-electron chi connectivity index (χ0n) is 12.9. The number of hydrogen-bond donors (Lipinski definition) is 1. The molecule has 0 aliphatic carbocycles. The molecule has 2 rings (SSSR count). The topological polar surface area (TPSA) is 83.6 Å². The molecule has 7 nitrogen and oxygen atoms in total. The highest BCUT2D eigenvalue weighted by molar-refractivity contribution is 5.95. The first-order chi connectivity index (χ1) is 9.87. The second-order valence-corrected chi connectivity index (χ2v) is 5.58. The van der Waals surface area contributed by atoms with E-state index in [1.165, 1.54) is 12.5 Å². The molecule has 114 valence electrons. The molecule has 0 bridgehead atoms. The highest BCUT2D eigenvalue weighted by Gasteiger charge is 2.25. The number of likely N-dealkylation sites (N-methyl/N-ethyl adjacent to an activating group) is 1. The first kappa shape index (κ1) is 15.4. The van der Waals surface area contributed by atoms with Crippen LogP contribution in [0.5, 0.6) is 0 Å². The van der Waals surface area contributed by atoms with Crippen LogP contribution in [0.1, 0.15) is 43.7 Å². The van der Waals surface area contributed by atoms with Crippen LogP contribution >= 0.6 is 0 Å².